The first-order valence-corrected chi connectivity index (χ1v) is 15.9. The number of piperazine rings is 1. The van der Waals surface area contributed by atoms with E-state index in [4.69, 9.17) is 33.9 Å². The number of pyridine rings is 2. The summed E-state index contributed by atoms with van der Waals surface area (Å²) in [6.45, 7) is 13.6. The lowest BCUT2D eigenvalue weighted by atomic mass is 9.93. The van der Waals surface area contributed by atoms with Gasteiger partial charge >= 0.3 is 0 Å². The lowest BCUT2D eigenvalue weighted by molar-refractivity contribution is -0.130. The van der Waals surface area contributed by atoms with Crippen LogP contribution in [-0.2, 0) is 4.79 Å². The van der Waals surface area contributed by atoms with Crippen LogP contribution in [0.4, 0.5) is 24.5 Å². The number of allylic oxidation sites excluding steroid dienone is 2. The van der Waals surface area contributed by atoms with Gasteiger partial charge in [-0.05, 0) is 56.7 Å². The molecular formula is C34H34Cl2F3N7O2. The lowest BCUT2D eigenvalue weighted by Gasteiger charge is -2.45. The van der Waals surface area contributed by atoms with Gasteiger partial charge in [-0.15, -0.1) is 0 Å². The summed E-state index contributed by atoms with van der Waals surface area (Å²) in [5.74, 6) is -5.50. The molecule has 0 unspecified atom stereocenters. The quantitative estimate of drug-likeness (QED) is 0.139. The van der Waals surface area contributed by atoms with Crippen LogP contribution in [0.5, 0.6) is 0 Å². The number of carbonyl (C=O) groups excluding carboxylic acids is 1. The van der Waals surface area contributed by atoms with E-state index < -0.39 is 39.3 Å². The molecule has 1 saturated heterocycles. The minimum Gasteiger partial charge on any atom is -0.396 e. The number of aromatic nitrogens is 2. The highest BCUT2D eigenvalue weighted by Gasteiger charge is 2.37. The molecule has 14 heteroatoms. The van der Waals surface area contributed by atoms with Crippen LogP contribution in [-0.4, -0.2) is 63.5 Å². The molecule has 3 atom stereocenters. The summed E-state index contributed by atoms with van der Waals surface area (Å²) >= 11 is 13.0. The van der Waals surface area contributed by atoms with E-state index >= 15 is 0 Å². The molecule has 48 heavy (non-hydrogen) atoms. The number of halogens is 5. The molecule has 3 aromatic rings. The standard InChI is InChI=1S/C34H34Cl2F3N7O2/c1-8-22(47)45-17(5)13-44(14-18(45)6)32-19-11-21(35)29(23-24(36)25(37)26(38)27(39)28(23)41)42-33(19)46(34(48)20(32)12-40)31-16(4)9-10-43(7)30(31)15(2)3/h8-11,15,17-18,30H,1,13-14,41H2,2-7H3/t17-,18+,30-/m1/s1. The van der Waals surface area contributed by atoms with Crippen molar-refractivity contribution in [3.63, 3.8) is 0 Å². The van der Waals surface area contributed by atoms with Crippen molar-refractivity contribution in [3.8, 4) is 17.3 Å². The number of rotatable bonds is 5. The number of amides is 1. The van der Waals surface area contributed by atoms with Gasteiger partial charge < -0.3 is 20.4 Å². The van der Waals surface area contributed by atoms with E-state index in [0.29, 0.717) is 11.3 Å². The van der Waals surface area contributed by atoms with E-state index in [-0.39, 0.29) is 76.0 Å². The van der Waals surface area contributed by atoms with E-state index in [0.717, 1.165) is 0 Å². The highest BCUT2D eigenvalue weighted by molar-refractivity contribution is 6.37. The van der Waals surface area contributed by atoms with Crippen molar-refractivity contribution in [2.45, 2.75) is 52.7 Å². The molecule has 4 heterocycles. The molecule has 1 fully saturated rings. The highest BCUT2D eigenvalue weighted by Crippen LogP contribution is 2.44. The van der Waals surface area contributed by atoms with Crippen LogP contribution in [0, 0.1) is 34.7 Å². The zero-order valence-electron chi connectivity index (χ0n) is 27.2. The third kappa shape index (κ3) is 5.39. The van der Waals surface area contributed by atoms with E-state index in [1.165, 1.54) is 16.7 Å². The van der Waals surface area contributed by atoms with E-state index in [1.807, 2.05) is 63.7 Å². The van der Waals surface area contributed by atoms with Crippen molar-refractivity contribution < 1.29 is 18.0 Å². The maximum atomic E-state index is 14.8. The van der Waals surface area contributed by atoms with Crippen LogP contribution in [0.15, 0.2) is 41.4 Å². The van der Waals surface area contributed by atoms with Gasteiger partial charge in [-0.2, -0.15) is 5.26 Å². The van der Waals surface area contributed by atoms with Gasteiger partial charge in [0.15, 0.2) is 17.5 Å². The SMILES string of the molecule is C=CC(=O)N1[C@H](C)CN(c2c(C#N)c(=O)n(C3=C(C)C=CN(C)[C@@H]3C(C)C)c3nc(-c4c(N)c(F)c(F)c(F)c4Cl)c(Cl)cc23)C[C@@H]1C. The fourth-order valence-electron chi connectivity index (χ4n) is 6.95. The first kappa shape index (κ1) is 34.9. The van der Waals surface area contributed by atoms with Gasteiger partial charge in [0.25, 0.3) is 5.56 Å². The van der Waals surface area contributed by atoms with Gasteiger partial charge in [-0.3, -0.25) is 14.2 Å². The van der Waals surface area contributed by atoms with Gasteiger partial charge in [0, 0.05) is 43.2 Å². The Kier molecular flexibility index (Phi) is 9.34. The van der Waals surface area contributed by atoms with Crippen LogP contribution in [0.25, 0.3) is 28.0 Å². The maximum absolute atomic E-state index is 14.8. The van der Waals surface area contributed by atoms with Gasteiger partial charge in [-0.1, -0.05) is 43.6 Å². The zero-order chi connectivity index (χ0) is 35.5. The van der Waals surface area contributed by atoms with Crippen LogP contribution < -0.4 is 16.2 Å². The normalized spacial score (nSPS) is 19.8. The second-order valence-electron chi connectivity index (χ2n) is 12.5. The highest BCUT2D eigenvalue weighted by atomic mass is 35.5. The summed E-state index contributed by atoms with van der Waals surface area (Å²) in [5, 5.41) is 9.82. The number of anilines is 2. The van der Waals surface area contributed by atoms with Crippen LogP contribution in [0.3, 0.4) is 0 Å². The Hall–Kier alpha value is -4.47. The third-order valence-electron chi connectivity index (χ3n) is 8.95. The van der Waals surface area contributed by atoms with Crippen molar-refractivity contribution >= 4 is 57.2 Å². The monoisotopic (exact) mass is 699 g/mol. The summed E-state index contributed by atoms with van der Waals surface area (Å²) in [4.78, 5) is 37.5. The molecule has 1 aromatic carbocycles. The molecule has 2 aliphatic heterocycles. The van der Waals surface area contributed by atoms with Crippen LogP contribution in [0.2, 0.25) is 10.0 Å². The van der Waals surface area contributed by atoms with E-state index in [2.05, 4.69) is 12.6 Å². The Morgan fingerprint density at radius 2 is 1.79 bits per heavy atom. The van der Waals surface area contributed by atoms with Crippen molar-refractivity contribution in [3.05, 3.63) is 80.0 Å². The number of nitrogens with two attached hydrogens (primary N) is 1. The fraction of sp³-hybridized carbons (Fsp3) is 0.353. The van der Waals surface area contributed by atoms with Crippen molar-refractivity contribution in [1.82, 2.24) is 19.4 Å². The number of nitrogen functional groups attached to an aromatic ring is 1. The number of carbonyl (C=O) groups is 1. The molecule has 5 rings (SSSR count). The van der Waals surface area contributed by atoms with Crippen molar-refractivity contribution in [1.29, 1.82) is 5.26 Å². The molecule has 2 aliphatic rings. The zero-order valence-corrected chi connectivity index (χ0v) is 28.7. The molecule has 2 aromatic heterocycles. The Morgan fingerprint density at radius 1 is 1.17 bits per heavy atom. The minimum atomic E-state index is -1.86. The number of likely N-dealkylation sites (N-methyl/N-ethyl adjacent to an activating group) is 1. The van der Waals surface area contributed by atoms with E-state index in [1.54, 1.807) is 4.90 Å². The first-order valence-electron chi connectivity index (χ1n) is 15.2. The number of hydrogen-bond donors (Lipinski definition) is 1. The molecule has 0 saturated carbocycles. The second-order valence-corrected chi connectivity index (χ2v) is 13.3. The third-order valence-corrected chi connectivity index (χ3v) is 9.59. The summed E-state index contributed by atoms with van der Waals surface area (Å²) in [5.41, 5.74) is 4.91. The van der Waals surface area contributed by atoms with Crippen molar-refractivity contribution in [2.75, 3.05) is 30.8 Å². The van der Waals surface area contributed by atoms with Crippen LogP contribution in [0.1, 0.15) is 40.2 Å². The first-order chi connectivity index (χ1) is 22.6. The average Bonchev–Trinajstić information content (AvgIpc) is 3.03. The summed E-state index contributed by atoms with van der Waals surface area (Å²) < 4.78 is 45.2. The smallest absolute Gasteiger partial charge is 0.276 e. The largest absolute Gasteiger partial charge is 0.396 e. The molecular weight excluding hydrogens is 666 g/mol. The number of nitriles is 1. The van der Waals surface area contributed by atoms with Gasteiger partial charge in [-0.25, -0.2) is 18.2 Å². The molecule has 0 aliphatic carbocycles. The molecule has 1 amide bonds. The average molecular weight is 701 g/mol. The van der Waals surface area contributed by atoms with Gasteiger partial charge in [0.2, 0.25) is 5.91 Å². The summed E-state index contributed by atoms with van der Waals surface area (Å²) in [7, 11) is 1.85. The number of nitrogens with zero attached hydrogens (tertiary/aromatic N) is 6. The predicted molar refractivity (Wildman–Crippen MR) is 183 cm³/mol. The molecule has 0 bridgehead atoms. The Morgan fingerprint density at radius 3 is 2.35 bits per heavy atom. The van der Waals surface area contributed by atoms with Crippen molar-refractivity contribution in [2.24, 2.45) is 5.92 Å². The summed E-state index contributed by atoms with van der Waals surface area (Å²) in [6.07, 6.45) is 4.94. The molecule has 0 spiro atoms. The van der Waals surface area contributed by atoms with Gasteiger partial charge in [0.1, 0.15) is 17.3 Å². The topological polar surface area (TPSA) is 111 Å². The molecule has 9 nitrogen and oxygen atoms in total. The molecule has 2 N–H and O–H groups in total. The van der Waals surface area contributed by atoms with Crippen LogP contribution >= 0.6 is 23.2 Å². The number of hydrogen-bond acceptors (Lipinski definition) is 7. The lowest BCUT2D eigenvalue weighted by Crippen LogP contribution is -2.58. The second kappa shape index (κ2) is 12.9. The maximum Gasteiger partial charge on any atom is 0.276 e. The minimum absolute atomic E-state index is 0.00242. The van der Waals surface area contributed by atoms with Gasteiger partial charge in [0.05, 0.1) is 38.9 Å². The number of fused-ring (bicyclic) bond motifs is 1. The molecule has 0 radical (unpaired) electrons. The Bertz CT molecular complexity index is 2010. The molecule has 252 valence electrons. The Labute approximate surface area is 285 Å². The number of benzene rings is 1. The Balaban J connectivity index is 1.94. The fourth-order valence-corrected chi connectivity index (χ4v) is 7.47. The predicted octanol–water partition coefficient (Wildman–Crippen LogP) is 6.57. The summed E-state index contributed by atoms with van der Waals surface area (Å²) in [6, 6.07) is 2.48. The van der Waals surface area contributed by atoms with E-state index in [9.17, 15) is 28.0 Å².